The minimum absolute atomic E-state index is 0.307. The van der Waals surface area contributed by atoms with Gasteiger partial charge in [-0.3, -0.25) is 0 Å². The summed E-state index contributed by atoms with van der Waals surface area (Å²) in [7, 11) is 0. The predicted molar refractivity (Wildman–Crippen MR) is 53.8 cm³/mol. The number of aromatic nitrogens is 2. The Bertz CT molecular complexity index is 665. The van der Waals surface area contributed by atoms with Gasteiger partial charge in [0.25, 0.3) is 0 Å². The fourth-order valence-electron chi connectivity index (χ4n) is 1.55. The standard InChI is InChI=1S/C10H5F5N2O3/c11-9(12)20-5-1-4-2-6(8(18)19)16-17(4)7(3-5)10(13,14)15/h1-3,9H,(H,18,19). The number of fused-ring (bicyclic) bond motifs is 1. The van der Waals surface area contributed by atoms with Gasteiger partial charge >= 0.3 is 18.8 Å². The molecule has 5 nitrogen and oxygen atoms in total. The maximum absolute atomic E-state index is 12.8. The van der Waals surface area contributed by atoms with Crippen molar-refractivity contribution < 1.29 is 36.6 Å². The van der Waals surface area contributed by atoms with Crippen molar-refractivity contribution >= 4 is 11.5 Å². The smallest absolute Gasteiger partial charge is 0.433 e. The molecular weight excluding hydrogens is 291 g/mol. The van der Waals surface area contributed by atoms with Crippen molar-refractivity contribution in [2.75, 3.05) is 0 Å². The lowest BCUT2D eigenvalue weighted by Crippen LogP contribution is -2.14. The SMILES string of the molecule is O=C(O)c1cc2cc(OC(F)F)cc(C(F)(F)F)n2n1. The van der Waals surface area contributed by atoms with Crippen molar-refractivity contribution in [3.8, 4) is 5.75 Å². The molecule has 2 rings (SSSR count). The molecule has 0 atom stereocenters. The van der Waals surface area contributed by atoms with Crippen LogP contribution in [0.2, 0.25) is 0 Å². The molecule has 0 aromatic carbocycles. The van der Waals surface area contributed by atoms with Gasteiger partial charge in [-0.15, -0.1) is 0 Å². The Morgan fingerprint density at radius 2 is 1.95 bits per heavy atom. The minimum Gasteiger partial charge on any atom is -0.476 e. The zero-order valence-corrected chi connectivity index (χ0v) is 9.36. The summed E-state index contributed by atoms with van der Waals surface area (Å²) in [6, 6.07) is 1.97. The molecule has 2 heterocycles. The summed E-state index contributed by atoms with van der Waals surface area (Å²) in [6.45, 7) is -3.31. The molecule has 0 aliphatic heterocycles. The van der Waals surface area contributed by atoms with Gasteiger partial charge in [-0.2, -0.15) is 27.1 Å². The van der Waals surface area contributed by atoms with Crippen LogP contribution in [-0.4, -0.2) is 27.3 Å². The summed E-state index contributed by atoms with van der Waals surface area (Å²) in [4.78, 5) is 10.7. The number of carbonyl (C=O) groups is 1. The van der Waals surface area contributed by atoms with Gasteiger partial charge in [0, 0.05) is 12.1 Å². The first kappa shape index (κ1) is 14.0. The second kappa shape index (κ2) is 4.62. The van der Waals surface area contributed by atoms with Gasteiger partial charge in [0.2, 0.25) is 0 Å². The van der Waals surface area contributed by atoms with E-state index in [0.29, 0.717) is 10.6 Å². The van der Waals surface area contributed by atoms with E-state index in [2.05, 4.69) is 9.84 Å². The molecule has 0 amide bonds. The van der Waals surface area contributed by atoms with Crippen LogP contribution in [0.5, 0.6) is 5.75 Å². The third-order valence-corrected chi connectivity index (χ3v) is 2.27. The van der Waals surface area contributed by atoms with Gasteiger partial charge in [-0.05, 0) is 6.07 Å². The quantitative estimate of drug-likeness (QED) is 0.884. The molecule has 0 radical (unpaired) electrons. The highest BCUT2D eigenvalue weighted by Gasteiger charge is 2.35. The van der Waals surface area contributed by atoms with Crippen molar-refractivity contribution in [2.24, 2.45) is 0 Å². The highest BCUT2D eigenvalue weighted by Crippen LogP contribution is 2.33. The van der Waals surface area contributed by atoms with Crippen LogP contribution in [0, 0.1) is 0 Å². The predicted octanol–water partition coefficient (Wildman–Crippen LogP) is 2.65. The third kappa shape index (κ3) is 2.63. The number of ether oxygens (including phenoxy) is 1. The van der Waals surface area contributed by atoms with Crippen LogP contribution >= 0.6 is 0 Å². The second-order valence-corrected chi connectivity index (χ2v) is 3.62. The molecule has 2 aromatic rings. The van der Waals surface area contributed by atoms with Gasteiger partial charge in [-0.25, -0.2) is 9.31 Å². The average Bonchev–Trinajstić information content (AvgIpc) is 2.69. The zero-order chi connectivity index (χ0) is 15.1. The number of carboxylic acids is 1. The molecule has 0 aliphatic carbocycles. The van der Waals surface area contributed by atoms with E-state index in [1.165, 1.54) is 0 Å². The number of rotatable bonds is 3. The van der Waals surface area contributed by atoms with Crippen LogP contribution in [0.15, 0.2) is 18.2 Å². The fourth-order valence-corrected chi connectivity index (χ4v) is 1.55. The summed E-state index contributed by atoms with van der Waals surface area (Å²) < 4.78 is 66.7. The number of hydrogen-bond acceptors (Lipinski definition) is 3. The number of pyridine rings is 1. The van der Waals surface area contributed by atoms with Crippen LogP contribution in [-0.2, 0) is 6.18 Å². The molecule has 10 heteroatoms. The van der Waals surface area contributed by atoms with Gasteiger partial charge in [0.05, 0.1) is 5.52 Å². The Labute approximate surface area is 107 Å². The topological polar surface area (TPSA) is 63.8 Å². The number of aromatic carboxylic acids is 1. The molecule has 0 spiro atoms. The summed E-state index contributed by atoms with van der Waals surface area (Å²) in [5.74, 6) is -2.28. The Morgan fingerprint density at radius 3 is 2.45 bits per heavy atom. The van der Waals surface area contributed by atoms with Crippen LogP contribution in [0.1, 0.15) is 16.2 Å². The highest BCUT2D eigenvalue weighted by atomic mass is 19.4. The summed E-state index contributed by atoms with van der Waals surface area (Å²) >= 11 is 0. The van der Waals surface area contributed by atoms with E-state index in [1.54, 1.807) is 0 Å². The summed E-state index contributed by atoms with van der Waals surface area (Å²) in [5.41, 5.74) is -2.39. The van der Waals surface area contributed by atoms with Crippen molar-refractivity contribution in [3.05, 3.63) is 29.6 Å². The van der Waals surface area contributed by atoms with Crippen molar-refractivity contribution in [1.82, 2.24) is 9.61 Å². The number of hydrogen-bond donors (Lipinski definition) is 1. The lowest BCUT2D eigenvalue weighted by Gasteiger charge is -2.11. The third-order valence-electron chi connectivity index (χ3n) is 2.27. The molecule has 1 N–H and O–H groups in total. The average molecular weight is 296 g/mol. The monoisotopic (exact) mass is 296 g/mol. The molecule has 108 valence electrons. The van der Waals surface area contributed by atoms with Gasteiger partial charge < -0.3 is 9.84 Å². The van der Waals surface area contributed by atoms with Crippen LogP contribution in [0.3, 0.4) is 0 Å². The van der Waals surface area contributed by atoms with E-state index in [9.17, 15) is 26.7 Å². The summed E-state index contributed by atoms with van der Waals surface area (Å²) in [6.07, 6.45) is -4.92. The molecule has 0 bridgehead atoms. The largest absolute Gasteiger partial charge is 0.476 e. The van der Waals surface area contributed by atoms with Gasteiger partial charge in [0.15, 0.2) is 5.69 Å². The Morgan fingerprint density at radius 1 is 1.30 bits per heavy atom. The first-order valence-corrected chi connectivity index (χ1v) is 4.97. The lowest BCUT2D eigenvalue weighted by molar-refractivity contribution is -0.143. The molecule has 0 unspecified atom stereocenters. The molecular formula is C10H5F5N2O3. The Hall–Kier alpha value is -2.39. The highest BCUT2D eigenvalue weighted by molar-refractivity contribution is 5.87. The van der Waals surface area contributed by atoms with E-state index in [4.69, 9.17) is 5.11 Å². The lowest BCUT2D eigenvalue weighted by atomic mass is 10.3. The number of carboxylic acid groups (broad SMARTS) is 1. The molecule has 20 heavy (non-hydrogen) atoms. The van der Waals surface area contributed by atoms with E-state index in [0.717, 1.165) is 12.1 Å². The number of alkyl halides is 5. The fraction of sp³-hybridized carbons (Fsp3) is 0.200. The van der Waals surface area contributed by atoms with Crippen molar-refractivity contribution in [2.45, 2.75) is 12.8 Å². The first-order chi connectivity index (χ1) is 9.18. The molecule has 0 saturated carbocycles. The van der Waals surface area contributed by atoms with E-state index < -0.39 is 35.9 Å². The second-order valence-electron chi connectivity index (χ2n) is 3.62. The van der Waals surface area contributed by atoms with Crippen LogP contribution in [0.4, 0.5) is 22.0 Å². The van der Waals surface area contributed by atoms with E-state index in [1.807, 2.05) is 0 Å². The summed E-state index contributed by atoms with van der Waals surface area (Å²) in [5, 5.41) is 11.9. The Kier molecular flexibility index (Phi) is 3.24. The van der Waals surface area contributed by atoms with Crippen molar-refractivity contribution in [3.63, 3.8) is 0 Å². The minimum atomic E-state index is -4.92. The number of halogens is 5. The van der Waals surface area contributed by atoms with E-state index >= 15 is 0 Å². The van der Waals surface area contributed by atoms with E-state index in [-0.39, 0.29) is 5.52 Å². The van der Waals surface area contributed by atoms with Gasteiger partial charge in [-0.1, -0.05) is 0 Å². The zero-order valence-electron chi connectivity index (χ0n) is 9.36. The number of nitrogens with zero attached hydrogens (tertiary/aromatic N) is 2. The normalized spacial score (nSPS) is 12.1. The maximum atomic E-state index is 12.8. The van der Waals surface area contributed by atoms with Gasteiger partial charge in [0.1, 0.15) is 11.4 Å². The molecule has 0 saturated heterocycles. The first-order valence-electron chi connectivity index (χ1n) is 4.97. The van der Waals surface area contributed by atoms with Crippen LogP contribution < -0.4 is 4.74 Å². The maximum Gasteiger partial charge on any atom is 0.433 e. The molecule has 0 fully saturated rings. The Balaban J connectivity index is 2.68. The molecule has 0 aliphatic rings. The molecule has 2 aromatic heterocycles. The van der Waals surface area contributed by atoms with Crippen LogP contribution in [0.25, 0.3) is 5.52 Å². The van der Waals surface area contributed by atoms with Crippen molar-refractivity contribution in [1.29, 1.82) is 0 Å².